The second kappa shape index (κ2) is 7.35. The van der Waals surface area contributed by atoms with Crippen LogP contribution < -0.4 is 5.32 Å². The molecule has 9 heteroatoms. The maximum atomic E-state index is 12.7. The van der Waals surface area contributed by atoms with Gasteiger partial charge in [-0.3, -0.25) is 0 Å². The van der Waals surface area contributed by atoms with Crippen LogP contribution in [0.25, 0.3) is 0 Å². The molecule has 0 aliphatic heterocycles. The standard InChI is InChI=1S/C17H16F3N3O2S/c1-23(2)26(24,25)15-6-3-12(4-7-15)11-22-16-8-5-14(17(18,19)20)9-13(16)10-21/h3-9,22H,11H2,1-2H3. The Labute approximate surface area is 149 Å². The molecule has 138 valence electrons. The molecule has 2 rings (SSSR count). The molecule has 2 aromatic rings. The van der Waals surface area contributed by atoms with Gasteiger partial charge in [0, 0.05) is 20.6 Å². The van der Waals surface area contributed by atoms with Crippen molar-refractivity contribution in [3.05, 3.63) is 59.2 Å². The van der Waals surface area contributed by atoms with Crippen molar-refractivity contribution >= 4 is 15.7 Å². The van der Waals surface area contributed by atoms with E-state index in [1.165, 1.54) is 32.3 Å². The zero-order valence-electron chi connectivity index (χ0n) is 14.0. The van der Waals surface area contributed by atoms with Crippen LogP contribution in [0.1, 0.15) is 16.7 Å². The first-order valence-electron chi connectivity index (χ1n) is 7.42. The first-order chi connectivity index (χ1) is 12.1. The third-order valence-corrected chi connectivity index (χ3v) is 5.48. The molecular weight excluding hydrogens is 367 g/mol. The summed E-state index contributed by atoms with van der Waals surface area (Å²) in [5.41, 5.74) is -0.0264. The van der Waals surface area contributed by atoms with Gasteiger partial charge in [-0.15, -0.1) is 0 Å². The van der Waals surface area contributed by atoms with Gasteiger partial charge < -0.3 is 5.32 Å². The minimum Gasteiger partial charge on any atom is -0.380 e. The largest absolute Gasteiger partial charge is 0.416 e. The Bertz CT molecular complexity index is 931. The molecule has 0 fully saturated rings. The number of rotatable bonds is 5. The highest BCUT2D eigenvalue weighted by Gasteiger charge is 2.31. The molecule has 0 bridgehead atoms. The number of alkyl halides is 3. The summed E-state index contributed by atoms with van der Waals surface area (Å²) in [6.45, 7) is 0.225. The van der Waals surface area contributed by atoms with E-state index in [0.717, 1.165) is 16.4 Å². The van der Waals surface area contributed by atoms with Crippen molar-refractivity contribution in [3.63, 3.8) is 0 Å². The summed E-state index contributed by atoms with van der Waals surface area (Å²) in [5, 5.41) is 11.9. The number of nitrogens with one attached hydrogen (secondary N) is 1. The van der Waals surface area contributed by atoms with Crippen molar-refractivity contribution in [2.24, 2.45) is 0 Å². The van der Waals surface area contributed by atoms with Gasteiger partial charge >= 0.3 is 6.18 Å². The lowest BCUT2D eigenvalue weighted by Crippen LogP contribution is -2.22. The number of halogens is 3. The Hall–Kier alpha value is -2.57. The molecule has 0 aromatic heterocycles. The predicted molar refractivity (Wildman–Crippen MR) is 90.8 cm³/mol. The lowest BCUT2D eigenvalue weighted by atomic mass is 10.1. The number of benzene rings is 2. The summed E-state index contributed by atoms with van der Waals surface area (Å²) < 4.78 is 63.2. The van der Waals surface area contributed by atoms with Crippen LogP contribution in [0.2, 0.25) is 0 Å². The first-order valence-corrected chi connectivity index (χ1v) is 8.86. The molecule has 0 saturated heterocycles. The highest BCUT2D eigenvalue weighted by Crippen LogP contribution is 2.31. The van der Waals surface area contributed by atoms with Crippen LogP contribution in [0, 0.1) is 11.3 Å². The van der Waals surface area contributed by atoms with Crippen LogP contribution in [-0.4, -0.2) is 26.8 Å². The molecule has 2 aromatic carbocycles. The lowest BCUT2D eigenvalue weighted by molar-refractivity contribution is -0.137. The number of anilines is 1. The smallest absolute Gasteiger partial charge is 0.380 e. The third kappa shape index (κ3) is 4.33. The monoisotopic (exact) mass is 383 g/mol. The molecule has 0 aliphatic carbocycles. The Morgan fingerprint density at radius 1 is 1.12 bits per heavy atom. The quantitative estimate of drug-likeness (QED) is 0.858. The van der Waals surface area contributed by atoms with E-state index in [1.54, 1.807) is 18.2 Å². The van der Waals surface area contributed by atoms with Gasteiger partial charge in [0.05, 0.1) is 21.7 Å². The fourth-order valence-corrected chi connectivity index (χ4v) is 3.06. The van der Waals surface area contributed by atoms with Crippen molar-refractivity contribution in [3.8, 4) is 6.07 Å². The highest BCUT2D eigenvalue weighted by atomic mass is 32.2. The van der Waals surface area contributed by atoms with Gasteiger partial charge in [0.2, 0.25) is 10.0 Å². The van der Waals surface area contributed by atoms with E-state index in [2.05, 4.69) is 5.32 Å². The zero-order chi connectivity index (χ0) is 19.5. The van der Waals surface area contributed by atoms with Gasteiger partial charge in [0.1, 0.15) is 6.07 Å². The number of hydrogen-bond donors (Lipinski definition) is 1. The van der Waals surface area contributed by atoms with Crippen LogP contribution >= 0.6 is 0 Å². The van der Waals surface area contributed by atoms with Gasteiger partial charge in [-0.2, -0.15) is 18.4 Å². The molecule has 0 unspecified atom stereocenters. The minimum absolute atomic E-state index is 0.119. The summed E-state index contributed by atoms with van der Waals surface area (Å²) in [6, 6.07) is 10.7. The van der Waals surface area contributed by atoms with Crippen LogP contribution in [0.5, 0.6) is 0 Å². The second-order valence-electron chi connectivity index (χ2n) is 5.65. The van der Waals surface area contributed by atoms with Gasteiger partial charge in [-0.25, -0.2) is 12.7 Å². The third-order valence-electron chi connectivity index (χ3n) is 3.65. The van der Waals surface area contributed by atoms with Gasteiger partial charge in [-0.1, -0.05) is 12.1 Å². The van der Waals surface area contributed by atoms with E-state index in [9.17, 15) is 21.6 Å². The summed E-state index contributed by atoms with van der Waals surface area (Å²) in [5.74, 6) is 0. The number of nitrogens with zero attached hydrogens (tertiary/aromatic N) is 2. The fourth-order valence-electron chi connectivity index (χ4n) is 2.15. The predicted octanol–water partition coefficient (Wildman–Crippen LogP) is 3.44. The maximum Gasteiger partial charge on any atom is 0.416 e. The Balaban J connectivity index is 2.16. The van der Waals surface area contributed by atoms with Crippen molar-refractivity contribution in [1.82, 2.24) is 4.31 Å². The van der Waals surface area contributed by atoms with Crippen molar-refractivity contribution < 1.29 is 21.6 Å². The average Bonchev–Trinajstić information content (AvgIpc) is 2.59. The zero-order valence-corrected chi connectivity index (χ0v) is 14.8. The molecule has 0 amide bonds. The van der Waals surface area contributed by atoms with Crippen molar-refractivity contribution in [1.29, 1.82) is 5.26 Å². The Morgan fingerprint density at radius 2 is 1.73 bits per heavy atom. The van der Waals surface area contributed by atoms with Crippen molar-refractivity contribution in [2.75, 3.05) is 19.4 Å². The van der Waals surface area contributed by atoms with Gasteiger partial charge in [-0.05, 0) is 35.9 Å². The highest BCUT2D eigenvalue weighted by molar-refractivity contribution is 7.89. The molecular formula is C17H16F3N3O2S. The molecule has 0 radical (unpaired) electrons. The van der Waals surface area contributed by atoms with Crippen LogP contribution in [0.15, 0.2) is 47.4 Å². The SMILES string of the molecule is CN(C)S(=O)(=O)c1ccc(CNc2ccc(C(F)(F)F)cc2C#N)cc1. The van der Waals surface area contributed by atoms with Crippen LogP contribution in [-0.2, 0) is 22.7 Å². The second-order valence-corrected chi connectivity index (χ2v) is 7.81. The van der Waals surface area contributed by atoms with Crippen molar-refractivity contribution in [2.45, 2.75) is 17.6 Å². The number of nitriles is 1. The van der Waals surface area contributed by atoms with E-state index >= 15 is 0 Å². The number of hydrogen-bond acceptors (Lipinski definition) is 4. The van der Waals surface area contributed by atoms with E-state index in [1.807, 2.05) is 0 Å². The Morgan fingerprint density at radius 3 is 2.23 bits per heavy atom. The van der Waals surface area contributed by atoms with Crippen LogP contribution in [0.3, 0.4) is 0 Å². The van der Waals surface area contributed by atoms with Crippen LogP contribution in [0.4, 0.5) is 18.9 Å². The van der Waals surface area contributed by atoms with E-state index in [-0.39, 0.29) is 22.7 Å². The van der Waals surface area contributed by atoms with Gasteiger partial charge in [0.15, 0.2) is 0 Å². The first kappa shape index (κ1) is 19.8. The Kier molecular flexibility index (Phi) is 5.59. The fraction of sp³-hybridized carbons (Fsp3) is 0.235. The molecule has 0 spiro atoms. The average molecular weight is 383 g/mol. The molecule has 0 aliphatic rings. The summed E-state index contributed by atoms with van der Waals surface area (Å²) in [4.78, 5) is 0.137. The molecule has 0 saturated carbocycles. The molecule has 0 atom stereocenters. The maximum absolute atomic E-state index is 12.7. The van der Waals surface area contributed by atoms with Gasteiger partial charge in [0.25, 0.3) is 0 Å². The summed E-state index contributed by atoms with van der Waals surface area (Å²) in [7, 11) is -0.668. The minimum atomic E-state index is -4.52. The van der Waals surface area contributed by atoms with E-state index in [0.29, 0.717) is 5.56 Å². The van der Waals surface area contributed by atoms with E-state index in [4.69, 9.17) is 5.26 Å². The molecule has 26 heavy (non-hydrogen) atoms. The number of sulfonamides is 1. The normalized spacial score (nSPS) is 12.0. The topological polar surface area (TPSA) is 73.2 Å². The lowest BCUT2D eigenvalue weighted by Gasteiger charge is -2.13. The molecule has 5 nitrogen and oxygen atoms in total. The summed E-state index contributed by atoms with van der Waals surface area (Å²) in [6.07, 6.45) is -4.52. The van der Waals surface area contributed by atoms with E-state index < -0.39 is 21.8 Å². The summed E-state index contributed by atoms with van der Waals surface area (Å²) >= 11 is 0. The molecule has 1 N–H and O–H groups in total. The molecule has 0 heterocycles.